The largest absolute Gasteiger partial charge is 0.393 e. The fourth-order valence-electron chi connectivity index (χ4n) is 2.27. The molecule has 1 fully saturated rings. The van der Waals surface area contributed by atoms with E-state index >= 15 is 0 Å². The van der Waals surface area contributed by atoms with Crippen LogP contribution in [-0.4, -0.2) is 54.0 Å². The van der Waals surface area contributed by atoms with Gasteiger partial charge in [0.1, 0.15) is 4.90 Å². The molecule has 0 aliphatic heterocycles. The lowest BCUT2D eigenvalue weighted by Crippen LogP contribution is -2.39. The van der Waals surface area contributed by atoms with Gasteiger partial charge in [-0.3, -0.25) is 0 Å². The zero-order valence-corrected chi connectivity index (χ0v) is 13.2. The molecule has 1 aromatic heterocycles. The number of anilines is 1. The first-order valence-electron chi connectivity index (χ1n) is 7.13. The minimum Gasteiger partial charge on any atom is -0.393 e. The van der Waals surface area contributed by atoms with Crippen LogP contribution in [0.25, 0.3) is 0 Å². The highest BCUT2D eigenvalue weighted by Crippen LogP contribution is 2.29. The lowest BCUT2D eigenvalue weighted by Gasteiger charge is -2.33. The van der Waals surface area contributed by atoms with E-state index < -0.39 is 10.0 Å². The second kappa shape index (κ2) is 6.67. The summed E-state index contributed by atoms with van der Waals surface area (Å²) < 4.78 is 26.1. The minimum atomic E-state index is -3.57. The molecule has 1 aromatic rings. The normalized spacial score (nSPS) is 22.1. The van der Waals surface area contributed by atoms with Gasteiger partial charge in [-0.1, -0.05) is 6.92 Å². The Balaban J connectivity index is 2.00. The molecule has 0 radical (unpaired) electrons. The molecule has 1 aliphatic rings. The van der Waals surface area contributed by atoms with Gasteiger partial charge < -0.3 is 10.4 Å². The van der Waals surface area contributed by atoms with Crippen molar-refractivity contribution >= 4 is 16.0 Å². The monoisotopic (exact) mass is 314 g/mol. The number of sulfonamides is 1. The lowest BCUT2D eigenvalue weighted by molar-refractivity contribution is 0.0367. The highest BCUT2D eigenvalue weighted by atomic mass is 32.2. The molecule has 1 saturated carbocycles. The summed E-state index contributed by atoms with van der Waals surface area (Å²) >= 11 is 0. The molecule has 0 atom stereocenters. The van der Waals surface area contributed by atoms with Crippen molar-refractivity contribution in [3.8, 4) is 0 Å². The third kappa shape index (κ3) is 3.90. The molecule has 2 rings (SSSR count). The van der Waals surface area contributed by atoms with Crippen LogP contribution in [-0.2, 0) is 10.0 Å². The van der Waals surface area contributed by atoms with Crippen molar-refractivity contribution < 1.29 is 13.5 Å². The molecule has 118 valence electrons. The Morgan fingerprint density at radius 1 is 1.38 bits per heavy atom. The summed E-state index contributed by atoms with van der Waals surface area (Å²) in [5.74, 6) is 0.659. The summed E-state index contributed by atoms with van der Waals surface area (Å²) in [4.78, 5) is 8.13. The third-order valence-electron chi connectivity index (χ3n) is 3.60. The van der Waals surface area contributed by atoms with Gasteiger partial charge in [-0.05, 0) is 25.2 Å². The predicted molar refractivity (Wildman–Crippen MR) is 79.4 cm³/mol. The quantitative estimate of drug-likeness (QED) is 0.769. The molecule has 21 heavy (non-hydrogen) atoms. The van der Waals surface area contributed by atoms with E-state index in [0.29, 0.717) is 25.3 Å². The summed E-state index contributed by atoms with van der Waals surface area (Å²) in [6, 6.07) is 0. The van der Waals surface area contributed by atoms with Crippen LogP contribution in [0, 0.1) is 5.92 Å². The van der Waals surface area contributed by atoms with Gasteiger partial charge in [-0.2, -0.15) is 0 Å². The summed E-state index contributed by atoms with van der Waals surface area (Å²) in [5.41, 5.74) is 0. The number of nitrogens with zero attached hydrogens (tertiary/aromatic N) is 3. The van der Waals surface area contributed by atoms with E-state index in [4.69, 9.17) is 0 Å². The third-order valence-corrected chi connectivity index (χ3v) is 5.37. The topological polar surface area (TPSA) is 95.4 Å². The van der Waals surface area contributed by atoms with E-state index in [0.717, 1.165) is 13.0 Å². The molecule has 0 spiro atoms. The minimum absolute atomic E-state index is 0.0897. The van der Waals surface area contributed by atoms with Gasteiger partial charge >= 0.3 is 0 Å². The predicted octanol–water partition coefficient (Wildman–Crippen LogP) is 0.690. The Morgan fingerprint density at radius 2 is 2.00 bits per heavy atom. The molecular weight excluding hydrogens is 292 g/mol. The fourth-order valence-corrected chi connectivity index (χ4v) is 3.41. The number of aliphatic hydroxyl groups is 1. The first kappa shape index (κ1) is 16.1. The Hall–Kier alpha value is -1.25. The van der Waals surface area contributed by atoms with Gasteiger partial charge in [-0.25, -0.2) is 22.7 Å². The van der Waals surface area contributed by atoms with Crippen molar-refractivity contribution in [2.24, 2.45) is 5.92 Å². The number of aliphatic hydroxyl groups excluding tert-OH is 1. The fraction of sp³-hybridized carbons (Fsp3) is 0.692. The van der Waals surface area contributed by atoms with Crippen molar-refractivity contribution in [1.29, 1.82) is 0 Å². The van der Waals surface area contributed by atoms with Crippen LogP contribution in [0.2, 0.25) is 0 Å². The highest BCUT2D eigenvalue weighted by Gasteiger charge is 2.31. The molecule has 7 nitrogen and oxygen atoms in total. The molecule has 0 unspecified atom stereocenters. The van der Waals surface area contributed by atoms with Gasteiger partial charge in [0.15, 0.2) is 0 Å². The average Bonchev–Trinajstić information content (AvgIpc) is 2.43. The van der Waals surface area contributed by atoms with Crippen LogP contribution in [0.4, 0.5) is 5.95 Å². The Kier molecular flexibility index (Phi) is 5.13. The number of rotatable bonds is 7. The van der Waals surface area contributed by atoms with Crippen molar-refractivity contribution in [3.05, 3.63) is 12.4 Å². The van der Waals surface area contributed by atoms with E-state index in [1.807, 2.05) is 6.92 Å². The molecule has 0 amide bonds. The highest BCUT2D eigenvalue weighted by molar-refractivity contribution is 7.89. The van der Waals surface area contributed by atoms with Crippen LogP contribution in [0.1, 0.15) is 26.2 Å². The number of aromatic nitrogens is 2. The summed E-state index contributed by atoms with van der Waals surface area (Å²) in [7, 11) is -2.02. The van der Waals surface area contributed by atoms with Gasteiger partial charge in [0.25, 0.3) is 0 Å². The Morgan fingerprint density at radius 3 is 2.52 bits per heavy atom. The molecule has 1 aliphatic carbocycles. The summed E-state index contributed by atoms with van der Waals surface area (Å²) in [6.07, 6.45) is 4.64. The maximum absolute atomic E-state index is 12.4. The maximum atomic E-state index is 12.4. The summed E-state index contributed by atoms with van der Waals surface area (Å²) in [5, 5.41) is 12.3. The molecule has 8 heteroatoms. The van der Waals surface area contributed by atoms with Crippen LogP contribution in [0.5, 0.6) is 0 Å². The van der Waals surface area contributed by atoms with Crippen LogP contribution in [0.3, 0.4) is 0 Å². The molecule has 0 saturated heterocycles. The zero-order valence-electron chi connectivity index (χ0n) is 12.4. The first-order chi connectivity index (χ1) is 9.93. The molecule has 2 N–H and O–H groups in total. The van der Waals surface area contributed by atoms with Crippen molar-refractivity contribution in [2.75, 3.05) is 25.5 Å². The van der Waals surface area contributed by atoms with Crippen molar-refractivity contribution in [3.63, 3.8) is 0 Å². The van der Waals surface area contributed by atoms with Crippen LogP contribution >= 0.6 is 0 Å². The zero-order chi connectivity index (χ0) is 15.5. The van der Waals surface area contributed by atoms with E-state index in [-0.39, 0.29) is 16.9 Å². The second-order valence-corrected chi connectivity index (χ2v) is 7.49. The molecular formula is C13H22N4O3S. The standard InChI is InChI=1S/C13H22N4O3S/c1-3-4-14-13-15-7-12(8-16-13)21(19,20)17(2)9-10-5-11(18)6-10/h7-8,10-11,18H,3-6,9H2,1-2H3,(H,14,15,16). The lowest BCUT2D eigenvalue weighted by atomic mass is 9.82. The van der Waals surface area contributed by atoms with Gasteiger partial charge in [0.05, 0.1) is 18.5 Å². The van der Waals surface area contributed by atoms with E-state index in [9.17, 15) is 13.5 Å². The van der Waals surface area contributed by atoms with Crippen LogP contribution < -0.4 is 5.32 Å². The number of hydrogen-bond donors (Lipinski definition) is 2. The SMILES string of the molecule is CCCNc1ncc(S(=O)(=O)N(C)CC2CC(O)C2)cn1. The maximum Gasteiger partial charge on any atom is 0.245 e. The van der Waals surface area contributed by atoms with Crippen molar-refractivity contribution in [1.82, 2.24) is 14.3 Å². The van der Waals surface area contributed by atoms with Gasteiger partial charge in [0.2, 0.25) is 16.0 Å². The van der Waals surface area contributed by atoms with E-state index in [2.05, 4.69) is 15.3 Å². The Labute approximate surface area is 125 Å². The summed E-state index contributed by atoms with van der Waals surface area (Å²) in [6.45, 7) is 3.18. The number of hydrogen-bond acceptors (Lipinski definition) is 6. The Bertz CT molecular complexity index is 555. The average molecular weight is 314 g/mol. The number of nitrogens with one attached hydrogen (secondary N) is 1. The van der Waals surface area contributed by atoms with Crippen LogP contribution in [0.15, 0.2) is 17.3 Å². The first-order valence-corrected chi connectivity index (χ1v) is 8.57. The van der Waals surface area contributed by atoms with Gasteiger partial charge in [0, 0.05) is 20.1 Å². The van der Waals surface area contributed by atoms with E-state index in [1.54, 1.807) is 7.05 Å². The molecule has 0 bridgehead atoms. The van der Waals surface area contributed by atoms with Gasteiger partial charge in [-0.15, -0.1) is 0 Å². The van der Waals surface area contributed by atoms with Crippen molar-refractivity contribution in [2.45, 2.75) is 37.2 Å². The van der Waals surface area contributed by atoms with E-state index in [1.165, 1.54) is 16.7 Å². The molecule has 1 heterocycles. The smallest absolute Gasteiger partial charge is 0.245 e. The second-order valence-electron chi connectivity index (χ2n) is 5.45. The molecule has 0 aromatic carbocycles.